The zero-order chi connectivity index (χ0) is 20.1. The molecule has 0 aliphatic rings. The Bertz CT molecular complexity index is 985. The molecular formula is C14H10Br2N6O4S. The van der Waals surface area contributed by atoms with Crippen LogP contribution in [0.25, 0.3) is 0 Å². The second-order valence-corrected chi connectivity index (χ2v) is 7.62. The van der Waals surface area contributed by atoms with Gasteiger partial charge in [-0.3, -0.25) is 20.2 Å². The minimum atomic E-state index is -0.767. The minimum absolute atomic E-state index is 0.0690. The summed E-state index contributed by atoms with van der Waals surface area (Å²) < 4.78 is 0.0690. The fourth-order valence-electron chi connectivity index (χ4n) is 2.03. The fraction of sp³-hybridized carbons (Fsp3) is 0.214. The lowest BCUT2D eigenvalue weighted by Crippen LogP contribution is -2.01. The van der Waals surface area contributed by atoms with Gasteiger partial charge < -0.3 is 5.32 Å². The molecule has 27 heavy (non-hydrogen) atoms. The lowest BCUT2D eigenvalue weighted by Gasteiger charge is -2.00. The third-order valence-corrected chi connectivity index (χ3v) is 5.42. The molecule has 1 aromatic carbocycles. The molecule has 0 amide bonds. The zero-order valence-corrected chi connectivity index (χ0v) is 17.6. The lowest BCUT2D eigenvalue weighted by molar-refractivity contribution is -0.393. The van der Waals surface area contributed by atoms with Gasteiger partial charge >= 0.3 is 5.69 Å². The van der Waals surface area contributed by atoms with Crippen LogP contribution < -0.4 is 5.32 Å². The van der Waals surface area contributed by atoms with E-state index >= 15 is 0 Å². The van der Waals surface area contributed by atoms with Crippen molar-refractivity contribution >= 4 is 70.3 Å². The van der Waals surface area contributed by atoms with Crippen LogP contribution in [-0.2, 0) is 0 Å². The average Bonchev–Trinajstić information content (AvgIpc) is 2.92. The number of nitro groups is 2. The molecule has 1 aromatic heterocycles. The normalized spacial score (nSPS) is 10.7. The number of halogens is 2. The van der Waals surface area contributed by atoms with E-state index in [1.165, 1.54) is 11.3 Å². The molecule has 140 valence electrons. The van der Waals surface area contributed by atoms with Gasteiger partial charge in [-0.1, -0.05) is 27.3 Å². The van der Waals surface area contributed by atoms with E-state index in [0.717, 1.165) is 12.1 Å². The number of nitrogens with zero attached hydrogens (tertiary/aromatic N) is 5. The van der Waals surface area contributed by atoms with Gasteiger partial charge in [-0.25, -0.2) is 0 Å². The average molecular weight is 518 g/mol. The topological polar surface area (TPSA) is 147 Å². The van der Waals surface area contributed by atoms with E-state index in [2.05, 4.69) is 53.5 Å². The van der Waals surface area contributed by atoms with Crippen molar-refractivity contribution < 1.29 is 9.85 Å². The van der Waals surface area contributed by atoms with Crippen molar-refractivity contribution in [3.8, 4) is 6.07 Å². The standard InChI is InChI=1S/C14H10Br2N6O4S/c1-7-9(6-17)14(18-3-2-15)27-13(7)20-19-12-10(16)4-8(21(23)24)5-11(12)22(25)26/h4-5,18H,2-3H2,1H3. The van der Waals surface area contributed by atoms with E-state index in [9.17, 15) is 25.5 Å². The third-order valence-electron chi connectivity index (χ3n) is 3.29. The second-order valence-electron chi connectivity index (χ2n) is 4.97. The number of non-ortho nitro benzene ring substituents is 1. The summed E-state index contributed by atoms with van der Waals surface area (Å²) >= 11 is 7.54. The van der Waals surface area contributed by atoms with Crippen LogP contribution in [0.1, 0.15) is 11.1 Å². The minimum Gasteiger partial charge on any atom is -0.375 e. The van der Waals surface area contributed by atoms with Gasteiger partial charge in [0.05, 0.1) is 25.9 Å². The molecule has 0 atom stereocenters. The molecule has 0 bridgehead atoms. The molecular weight excluding hydrogens is 508 g/mol. The fourth-order valence-corrected chi connectivity index (χ4v) is 3.75. The first-order chi connectivity index (χ1) is 12.8. The molecule has 0 saturated carbocycles. The number of anilines is 1. The van der Waals surface area contributed by atoms with Gasteiger partial charge in [-0.15, -0.1) is 10.2 Å². The van der Waals surface area contributed by atoms with E-state index < -0.39 is 21.2 Å². The summed E-state index contributed by atoms with van der Waals surface area (Å²) in [6, 6.07) is 4.03. The Morgan fingerprint density at radius 2 is 2.00 bits per heavy atom. The number of benzene rings is 1. The summed E-state index contributed by atoms with van der Waals surface area (Å²) in [5.41, 5.74) is -0.122. The Balaban J connectivity index is 2.50. The van der Waals surface area contributed by atoms with E-state index in [-0.39, 0.29) is 10.2 Å². The number of thiophene rings is 1. The number of rotatable bonds is 7. The van der Waals surface area contributed by atoms with Crippen molar-refractivity contribution in [1.29, 1.82) is 5.26 Å². The van der Waals surface area contributed by atoms with Gasteiger partial charge in [-0.05, 0) is 22.9 Å². The highest BCUT2D eigenvalue weighted by molar-refractivity contribution is 9.10. The summed E-state index contributed by atoms with van der Waals surface area (Å²) in [5.74, 6) is 0. The van der Waals surface area contributed by atoms with E-state index in [1.807, 2.05) is 0 Å². The van der Waals surface area contributed by atoms with Gasteiger partial charge in [-0.2, -0.15) is 5.26 Å². The van der Waals surface area contributed by atoms with Crippen LogP contribution in [0.5, 0.6) is 0 Å². The van der Waals surface area contributed by atoms with Crippen molar-refractivity contribution in [3.63, 3.8) is 0 Å². The first kappa shape index (κ1) is 20.9. The zero-order valence-electron chi connectivity index (χ0n) is 13.6. The third kappa shape index (κ3) is 4.65. The first-order valence-electron chi connectivity index (χ1n) is 7.17. The van der Waals surface area contributed by atoms with Crippen LogP contribution in [0, 0.1) is 38.5 Å². The van der Waals surface area contributed by atoms with Crippen LogP contribution in [0.4, 0.5) is 27.1 Å². The molecule has 0 spiro atoms. The Morgan fingerprint density at radius 3 is 2.56 bits per heavy atom. The van der Waals surface area contributed by atoms with E-state index in [0.29, 0.717) is 33.0 Å². The summed E-state index contributed by atoms with van der Waals surface area (Å²) in [7, 11) is 0. The van der Waals surface area contributed by atoms with E-state index in [4.69, 9.17) is 0 Å². The molecule has 0 saturated heterocycles. The van der Waals surface area contributed by atoms with Gasteiger partial charge in [0.15, 0.2) is 5.69 Å². The molecule has 0 aliphatic heterocycles. The van der Waals surface area contributed by atoms with Gasteiger partial charge in [0.2, 0.25) is 0 Å². The van der Waals surface area contributed by atoms with Crippen LogP contribution in [-0.4, -0.2) is 21.7 Å². The molecule has 2 rings (SSSR count). The second kappa shape index (κ2) is 8.98. The summed E-state index contributed by atoms with van der Waals surface area (Å²) in [4.78, 5) is 20.6. The maximum Gasteiger partial charge on any atom is 0.304 e. The van der Waals surface area contributed by atoms with Gasteiger partial charge in [0.1, 0.15) is 16.1 Å². The van der Waals surface area contributed by atoms with Crippen LogP contribution in [0.2, 0.25) is 0 Å². The Kier molecular flexibility index (Phi) is 6.94. The number of hydrogen-bond acceptors (Lipinski definition) is 9. The number of nitrogens with one attached hydrogen (secondary N) is 1. The molecule has 1 N–H and O–H groups in total. The maximum absolute atomic E-state index is 11.3. The number of azo groups is 1. The van der Waals surface area contributed by atoms with Crippen molar-refractivity contribution in [2.45, 2.75) is 6.92 Å². The van der Waals surface area contributed by atoms with Crippen LogP contribution in [0.15, 0.2) is 26.8 Å². The van der Waals surface area contributed by atoms with Crippen molar-refractivity contribution in [3.05, 3.63) is 48.0 Å². The number of hydrogen-bond donors (Lipinski definition) is 1. The van der Waals surface area contributed by atoms with Gasteiger partial charge in [0, 0.05) is 23.5 Å². The molecule has 1 heterocycles. The molecule has 0 fully saturated rings. The number of alkyl halides is 1. The first-order valence-corrected chi connectivity index (χ1v) is 9.90. The summed E-state index contributed by atoms with van der Waals surface area (Å²) in [6.45, 7) is 2.30. The van der Waals surface area contributed by atoms with Crippen molar-refractivity contribution in [2.24, 2.45) is 10.2 Å². The maximum atomic E-state index is 11.3. The summed E-state index contributed by atoms with van der Waals surface area (Å²) in [5, 5.41) is 44.2. The highest BCUT2D eigenvalue weighted by Crippen LogP contribution is 2.43. The van der Waals surface area contributed by atoms with Crippen molar-refractivity contribution in [2.75, 3.05) is 17.2 Å². The predicted molar refractivity (Wildman–Crippen MR) is 108 cm³/mol. The SMILES string of the molecule is Cc1c(N=Nc2c(Br)cc([N+](=O)[O-])cc2[N+](=O)[O-])sc(NCCBr)c1C#N. The quantitative estimate of drug-likeness (QED) is 0.214. The molecule has 0 unspecified atom stereocenters. The molecule has 10 nitrogen and oxygen atoms in total. The van der Waals surface area contributed by atoms with E-state index in [1.54, 1.807) is 6.92 Å². The Labute approximate surface area is 173 Å². The molecule has 13 heteroatoms. The lowest BCUT2D eigenvalue weighted by atomic mass is 10.2. The smallest absolute Gasteiger partial charge is 0.304 e. The molecule has 2 aromatic rings. The Morgan fingerprint density at radius 1 is 1.30 bits per heavy atom. The highest BCUT2D eigenvalue weighted by atomic mass is 79.9. The number of nitriles is 1. The van der Waals surface area contributed by atoms with Crippen LogP contribution in [0.3, 0.4) is 0 Å². The predicted octanol–water partition coefficient (Wildman–Crippen LogP) is 5.73. The Hall–Kier alpha value is -2.43. The monoisotopic (exact) mass is 516 g/mol. The largest absolute Gasteiger partial charge is 0.375 e. The van der Waals surface area contributed by atoms with Crippen molar-refractivity contribution in [1.82, 2.24) is 0 Å². The number of nitro benzene ring substituents is 2. The molecule has 0 radical (unpaired) electrons. The van der Waals surface area contributed by atoms with Crippen LogP contribution >= 0.6 is 43.2 Å². The highest BCUT2D eigenvalue weighted by Gasteiger charge is 2.24. The summed E-state index contributed by atoms with van der Waals surface area (Å²) in [6.07, 6.45) is 0. The van der Waals surface area contributed by atoms with Gasteiger partial charge in [0.25, 0.3) is 5.69 Å². The molecule has 0 aliphatic carbocycles.